The van der Waals surface area contributed by atoms with Crippen molar-refractivity contribution >= 4 is 33.9 Å². The summed E-state index contributed by atoms with van der Waals surface area (Å²) in [5.74, 6) is 0.0201. The standard InChI is InChI=1S/C14H20BrN3O4/c1-13(2,3)21-11(19)18(12(20)22-14(4,5)6)10-8-16-9(15)7-17-10/h7-8H,1-6H3. The van der Waals surface area contributed by atoms with Crippen LogP contribution in [0.4, 0.5) is 15.4 Å². The summed E-state index contributed by atoms with van der Waals surface area (Å²) in [5, 5.41) is 0. The number of rotatable bonds is 1. The quantitative estimate of drug-likeness (QED) is 0.741. The van der Waals surface area contributed by atoms with Gasteiger partial charge in [-0.3, -0.25) is 0 Å². The van der Waals surface area contributed by atoms with Crippen LogP contribution in [0.5, 0.6) is 0 Å². The Balaban J connectivity index is 3.12. The predicted octanol–water partition coefficient (Wildman–Crippen LogP) is 3.92. The lowest BCUT2D eigenvalue weighted by atomic mass is 10.2. The number of amides is 2. The largest absolute Gasteiger partial charge is 0.443 e. The molecular weight excluding hydrogens is 354 g/mol. The van der Waals surface area contributed by atoms with Crippen LogP contribution in [-0.2, 0) is 9.47 Å². The summed E-state index contributed by atoms with van der Waals surface area (Å²) < 4.78 is 10.9. The van der Waals surface area contributed by atoms with Crippen molar-refractivity contribution in [3.05, 3.63) is 17.0 Å². The first-order chi connectivity index (χ1) is 9.89. The molecule has 0 aromatic carbocycles. The number of anilines is 1. The van der Waals surface area contributed by atoms with Crippen molar-refractivity contribution in [1.82, 2.24) is 9.97 Å². The van der Waals surface area contributed by atoms with E-state index in [-0.39, 0.29) is 5.82 Å². The van der Waals surface area contributed by atoms with Gasteiger partial charge in [0.15, 0.2) is 5.82 Å². The van der Waals surface area contributed by atoms with Crippen LogP contribution in [-0.4, -0.2) is 33.4 Å². The average molecular weight is 374 g/mol. The fourth-order valence-corrected chi connectivity index (χ4v) is 1.50. The number of halogens is 1. The third kappa shape index (κ3) is 5.97. The van der Waals surface area contributed by atoms with Gasteiger partial charge in [-0.2, -0.15) is 4.90 Å². The van der Waals surface area contributed by atoms with Gasteiger partial charge < -0.3 is 9.47 Å². The molecule has 0 aliphatic rings. The Bertz CT molecular complexity index is 519. The normalized spacial score (nSPS) is 11.8. The van der Waals surface area contributed by atoms with Crippen molar-refractivity contribution in [1.29, 1.82) is 0 Å². The zero-order valence-corrected chi connectivity index (χ0v) is 15.1. The van der Waals surface area contributed by atoms with Gasteiger partial charge in [0.25, 0.3) is 0 Å². The predicted molar refractivity (Wildman–Crippen MR) is 84.7 cm³/mol. The number of hydrogen-bond donors (Lipinski definition) is 0. The third-order valence-electron chi connectivity index (χ3n) is 1.99. The molecule has 0 atom stereocenters. The maximum absolute atomic E-state index is 12.3. The van der Waals surface area contributed by atoms with Crippen molar-refractivity contribution in [2.75, 3.05) is 4.90 Å². The summed E-state index contributed by atoms with van der Waals surface area (Å²) in [6, 6.07) is 0. The molecule has 0 aliphatic heterocycles. The summed E-state index contributed by atoms with van der Waals surface area (Å²) >= 11 is 3.14. The van der Waals surface area contributed by atoms with Crippen LogP contribution in [0.3, 0.4) is 0 Å². The van der Waals surface area contributed by atoms with Gasteiger partial charge in [0.05, 0.1) is 12.4 Å². The Morgan fingerprint density at radius 1 is 0.955 bits per heavy atom. The van der Waals surface area contributed by atoms with Gasteiger partial charge in [0.2, 0.25) is 0 Å². The van der Waals surface area contributed by atoms with Gasteiger partial charge in [0.1, 0.15) is 15.8 Å². The molecule has 0 bridgehead atoms. The highest BCUT2D eigenvalue weighted by atomic mass is 79.9. The van der Waals surface area contributed by atoms with Crippen LogP contribution in [0.15, 0.2) is 17.0 Å². The number of hydrogen-bond acceptors (Lipinski definition) is 6. The lowest BCUT2D eigenvalue weighted by Gasteiger charge is -2.27. The molecule has 22 heavy (non-hydrogen) atoms. The minimum Gasteiger partial charge on any atom is -0.443 e. The second kappa shape index (κ2) is 6.60. The molecule has 1 aromatic rings. The zero-order valence-electron chi connectivity index (χ0n) is 13.5. The van der Waals surface area contributed by atoms with E-state index in [9.17, 15) is 9.59 Å². The van der Waals surface area contributed by atoms with E-state index in [4.69, 9.17) is 9.47 Å². The summed E-state index contributed by atoms with van der Waals surface area (Å²) in [6.07, 6.45) is 0.895. The molecule has 1 heterocycles. The Kier molecular flexibility index (Phi) is 5.50. The Hall–Kier alpha value is -1.70. The first-order valence-electron chi connectivity index (χ1n) is 6.63. The first kappa shape index (κ1) is 18.3. The molecule has 0 radical (unpaired) electrons. The van der Waals surface area contributed by atoms with Gasteiger partial charge in [-0.1, -0.05) is 0 Å². The van der Waals surface area contributed by atoms with E-state index < -0.39 is 23.4 Å². The van der Waals surface area contributed by atoms with Crippen LogP contribution in [0.25, 0.3) is 0 Å². The Labute approximate surface area is 138 Å². The summed E-state index contributed by atoms with van der Waals surface area (Å²) in [6.45, 7) is 10.2. The van der Waals surface area contributed by atoms with E-state index >= 15 is 0 Å². The van der Waals surface area contributed by atoms with Crippen LogP contribution < -0.4 is 4.90 Å². The molecule has 0 aliphatic carbocycles. The van der Waals surface area contributed by atoms with Crippen LogP contribution in [0, 0.1) is 0 Å². The lowest BCUT2D eigenvalue weighted by Crippen LogP contribution is -2.44. The highest BCUT2D eigenvalue weighted by Crippen LogP contribution is 2.20. The highest BCUT2D eigenvalue weighted by Gasteiger charge is 2.33. The van der Waals surface area contributed by atoms with E-state index in [0.29, 0.717) is 4.60 Å². The van der Waals surface area contributed by atoms with Crippen LogP contribution in [0.1, 0.15) is 41.5 Å². The Morgan fingerprint density at radius 3 is 1.73 bits per heavy atom. The van der Waals surface area contributed by atoms with Crippen molar-refractivity contribution < 1.29 is 19.1 Å². The van der Waals surface area contributed by atoms with Gasteiger partial charge in [-0.25, -0.2) is 19.6 Å². The molecular formula is C14H20BrN3O4. The molecule has 1 rings (SSSR count). The SMILES string of the molecule is CC(C)(C)OC(=O)N(C(=O)OC(C)(C)C)c1cnc(Br)cn1. The minimum atomic E-state index is -0.877. The molecule has 8 heteroatoms. The monoisotopic (exact) mass is 373 g/mol. The van der Waals surface area contributed by atoms with E-state index in [1.54, 1.807) is 41.5 Å². The maximum atomic E-state index is 12.3. The molecule has 0 saturated carbocycles. The molecule has 0 spiro atoms. The fourth-order valence-electron chi connectivity index (χ4n) is 1.30. The Morgan fingerprint density at radius 2 is 1.41 bits per heavy atom. The number of nitrogens with zero attached hydrogens (tertiary/aromatic N) is 3. The van der Waals surface area contributed by atoms with Gasteiger partial charge >= 0.3 is 12.2 Å². The average Bonchev–Trinajstić information content (AvgIpc) is 2.27. The molecule has 0 unspecified atom stereocenters. The smallest absolute Gasteiger partial charge is 0.425 e. The molecule has 0 saturated heterocycles. The highest BCUT2D eigenvalue weighted by molar-refractivity contribution is 9.10. The number of aromatic nitrogens is 2. The molecule has 0 fully saturated rings. The van der Waals surface area contributed by atoms with Crippen LogP contribution >= 0.6 is 15.9 Å². The summed E-state index contributed by atoms with van der Waals surface area (Å²) in [5.41, 5.74) is -1.53. The van der Waals surface area contributed by atoms with Crippen molar-refractivity contribution in [2.45, 2.75) is 52.7 Å². The van der Waals surface area contributed by atoms with E-state index in [2.05, 4.69) is 25.9 Å². The zero-order chi connectivity index (χ0) is 17.1. The molecule has 7 nitrogen and oxygen atoms in total. The number of carbonyl (C=O) groups is 2. The fraction of sp³-hybridized carbons (Fsp3) is 0.571. The summed E-state index contributed by atoms with van der Waals surface area (Å²) in [4.78, 5) is 33.3. The molecule has 1 aromatic heterocycles. The second-order valence-corrected chi connectivity index (χ2v) is 7.31. The van der Waals surface area contributed by atoms with E-state index in [0.717, 1.165) is 4.90 Å². The maximum Gasteiger partial charge on any atom is 0.425 e. The van der Waals surface area contributed by atoms with Gasteiger partial charge in [-0.15, -0.1) is 0 Å². The van der Waals surface area contributed by atoms with E-state index in [1.165, 1.54) is 12.4 Å². The molecule has 0 N–H and O–H groups in total. The third-order valence-corrected chi connectivity index (χ3v) is 2.40. The number of imide groups is 1. The molecule has 2 amide bonds. The first-order valence-corrected chi connectivity index (χ1v) is 7.42. The van der Waals surface area contributed by atoms with E-state index in [1.807, 2.05) is 0 Å². The number of ether oxygens (including phenoxy) is 2. The lowest BCUT2D eigenvalue weighted by molar-refractivity contribution is 0.0429. The van der Waals surface area contributed by atoms with Crippen molar-refractivity contribution in [3.8, 4) is 0 Å². The second-order valence-electron chi connectivity index (χ2n) is 6.49. The van der Waals surface area contributed by atoms with Crippen molar-refractivity contribution in [3.63, 3.8) is 0 Å². The minimum absolute atomic E-state index is 0.0201. The van der Waals surface area contributed by atoms with Crippen LogP contribution in [0.2, 0.25) is 0 Å². The van der Waals surface area contributed by atoms with Gasteiger partial charge in [-0.05, 0) is 57.5 Å². The van der Waals surface area contributed by atoms with Gasteiger partial charge in [0, 0.05) is 0 Å². The number of carbonyl (C=O) groups excluding carboxylic acids is 2. The van der Waals surface area contributed by atoms with Crippen molar-refractivity contribution in [2.24, 2.45) is 0 Å². The molecule has 122 valence electrons. The topological polar surface area (TPSA) is 81.6 Å². The summed E-state index contributed by atoms with van der Waals surface area (Å²) in [7, 11) is 0.